The molecule has 0 saturated carbocycles. The SMILES string of the molecule is COC(=O)C(C)CS(=O)(=O)CC1CN(C)CCO1. The van der Waals surface area contributed by atoms with Crippen molar-refractivity contribution in [3.63, 3.8) is 0 Å². The van der Waals surface area contributed by atoms with Gasteiger partial charge in [-0.2, -0.15) is 0 Å². The lowest BCUT2D eigenvalue weighted by Gasteiger charge is -2.29. The Bertz CT molecular complexity index is 381. The Kier molecular flexibility index (Phi) is 5.55. The summed E-state index contributed by atoms with van der Waals surface area (Å²) in [6.45, 7) is 3.52. The fourth-order valence-electron chi connectivity index (χ4n) is 1.97. The van der Waals surface area contributed by atoms with E-state index < -0.39 is 21.7 Å². The summed E-state index contributed by atoms with van der Waals surface area (Å²) >= 11 is 0. The molecule has 2 unspecified atom stereocenters. The van der Waals surface area contributed by atoms with E-state index in [-0.39, 0.29) is 17.6 Å². The minimum Gasteiger partial charge on any atom is -0.469 e. The van der Waals surface area contributed by atoms with Gasteiger partial charge in [0.15, 0.2) is 9.84 Å². The fraction of sp³-hybridized carbons (Fsp3) is 0.909. The minimum atomic E-state index is -3.31. The molecule has 6 nitrogen and oxygen atoms in total. The molecule has 0 radical (unpaired) electrons. The van der Waals surface area contributed by atoms with E-state index in [1.807, 2.05) is 11.9 Å². The maximum absolute atomic E-state index is 11.9. The third kappa shape index (κ3) is 4.91. The molecule has 2 atom stereocenters. The normalized spacial score (nSPS) is 23.6. The molecule has 0 N–H and O–H groups in total. The Morgan fingerprint density at radius 2 is 2.22 bits per heavy atom. The zero-order valence-electron chi connectivity index (χ0n) is 11.1. The molecule has 1 fully saturated rings. The molecule has 0 aromatic heterocycles. The van der Waals surface area contributed by atoms with Crippen LogP contribution in [0.2, 0.25) is 0 Å². The van der Waals surface area contributed by atoms with Crippen LogP contribution >= 0.6 is 0 Å². The fourth-order valence-corrected chi connectivity index (χ4v) is 3.77. The van der Waals surface area contributed by atoms with Crippen molar-refractivity contribution >= 4 is 15.8 Å². The van der Waals surface area contributed by atoms with Crippen molar-refractivity contribution in [2.24, 2.45) is 5.92 Å². The van der Waals surface area contributed by atoms with Crippen molar-refractivity contribution in [1.82, 2.24) is 4.90 Å². The second-order valence-electron chi connectivity index (χ2n) is 4.76. The first-order valence-electron chi connectivity index (χ1n) is 5.92. The number of methoxy groups -OCH3 is 1. The van der Waals surface area contributed by atoms with Crippen LogP contribution in [-0.4, -0.2) is 70.8 Å². The second-order valence-corrected chi connectivity index (χ2v) is 6.91. The summed E-state index contributed by atoms with van der Waals surface area (Å²) in [5.41, 5.74) is 0. The lowest BCUT2D eigenvalue weighted by Crippen LogP contribution is -2.44. The molecule has 1 aliphatic rings. The van der Waals surface area contributed by atoms with Gasteiger partial charge >= 0.3 is 5.97 Å². The summed E-state index contributed by atoms with van der Waals surface area (Å²) in [6, 6.07) is 0. The van der Waals surface area contributed by atoms with Gasteiger partial charge < -0.3 is 14.4 Å². The van der Waals surface area contributed by atoms with E-state index in [1.165, 1.54) is 7.11 Å². The maximum atomic E-state index is 11.9. The smallest absolute Gasteiger partial charge is 0.309 e. The highest BCUT2D eigenvalue weighted by atomic mass is 32.2. The van der Waals surface area contributed by atoms with Gasteiger partial charge in [-0.25, -0.2) is 8.42 Å². The van der Waals surface area contributed by atoms with E-state index in [1.54, 1.807) is 6.92 Å². The zero-order valence-corrected chi connectivity index (χ0v) is 11.9. The zero-order chi connectivity index (χ0) is 13.8. The Labute approximate surface area is 108 Å². The predicted octanol–water partition coefficient (Wildman–Crippen LogP) is -0.459. The number of hydrogen-bond donors (Lipinski definition) is 0. The van der Waals surface area contributed by atoms with Crippen molar-refractivity contribution in [2.75, 3.05) is 45.4 Å². The lowest BCUT2D eigenvalue weighted by atomic mass is 10.2. The molecular formula is C11H21NO5S. The quantitative estimate of drug-likeness (QED) is 0.634. The summed E-state index contributed by atoms with van der Waals surface area (Å²) in [5.74, 6) is -1.37. The van der Waals surface area contributed by atoms with Crippen LogP contribution in [0, 0.1) is 5.92 Å². The highest BCUT2D eigenvalue weighted by Crippen LogP contribution is 2.10. The van der Waals surface area contributed by atoms with E-state index in [0.29, 0.717) is 13.2 Å². The van der Waals surface area contributed by atoms with Gasteiger partial charge in [0.25, 0.3) is 0 Å². The van der Waals surface area contributed by atoms with Gasteiger partial charge in [0.2, 0.25) is 0 Å². The maximum Gasteiger partial charge on any atom is 0.309 e. The van der Waals surface area contributed by atoms with Gasteiger partial charge in [-0.3, -0.25) is 4.79 Å². The van der Waals surface area contributed by atoms with Gasteiger partial charge in [-0.15, -0.1) is 0 Å². The lowest BCUT2D eigenvalue weighted by molar-refractivity contribution is -0.144. The number of esters is 1. The molecule has 0 aromatic rings. The molecule has 1 saturated heterocycles. The van der Waals surface area contributed by atoms with Crippen molar-refractivity contribution in [1.29, 1.82) is 0 Å². The molecule has 7 heteroatoms. The van der Waals surface area contributed by atoms with Crippen molar-refractivity contribution < 1.29 is 22.7 Å². The molecule has 0 amide bonds. The van der Waals surface area contributed by atoms with Crippen LogP contribution in [0.3, 0.4) is 0 Å². The average molecular weight is 279 g/mol. The standard InChI is InChI=1S/C11H21NO5S/c1-9(11(13)16-3)7-18(14,15)8-10-6-12(2)4-5-17-10/h9-10H,4-8H2,1-3H3. The van der Waals surface area contributed by atoms with Crippen molar-refractivity contribution in [3.8, 4) is 0 Å². The summed E-state index contributed by atoms with van der Waals surface area (Å²) < 4.78 is 33.8. The van der Waals surface area contributed by atoms with Gasteiger partial charge in [0.1, 0.15) is 0 Å². The number of carbonyl (C=O) groups is 1. The summed E-state index contributed by atoms with van der Waals surface area (Å²) in [4.78, 5) is 13.2. The number of hydrogen-bond acceptors (Lipinski definition) is 6. The Balaban J connectivity index is 2.51. The van der Waals surface area contributed by atoms with Crippen LogP contribution in [0.5, 0.6) is 0 Å². The van der Waals surface area contributed by atoms with Gasteiger partial charge in [-0.05, 0) is 7.05 Å². The number of carbonyl (C=O) groups excluding carboxylic acids is 1. The van der Waals surface area contributed by atoms with E-state index >= 15 is 0 Å². The molecule has 0 aromatic carbocycles. The summed E-state index contributed by atoms with van der Waals surface area (Å²) in [7, 11) is -0.127. The molecule has 1 rings (SSSR count). The highest BCUT2D eigenvalue weighted by Gasteiger charge is 2.27. The average Bonchev–Trinajstić information content (AvgIpc) is 2.26. The summed E-state index contributed by atoms with van der Waals surface area (Å²) in [6.07, 6.45) is -0.307. The molecule has 1 heterocycles. The van der Waals surface area contributed by atoms with Crippen LogP contribution in [-0.2, 0) is 24.1 Å². The van der Waals surface area contributed by atoms with E-state index in [0.717, 1.165) is 6.54 Å². The van der Waals surface area contributed by atoms with Crippen LogP contribution in [0.15, 0.2) is 0 Å². The van der Waals surface area contributed by atoms with Crippen LogP contribution in [0.1, 0.15) is 6.92 Å². The van der Waals surface area contributed by atoms with Crippen molar-refractivity contribution in [2.45, 2.75) is 13.0 Å². The number of morpholine rings is 1. The number of sulfone groups is 1. The molecule has 0 spiro atoms. The third-order valence-electron chi connectivity index (χ3n) is 2.89. The molecule has 1 aliphatic heterocycles. The Morgan fingerprint density at radius 3 is 2.78 bits per heavy atom. The number of ether oxygens (including phenoxy) is 2. The van der Waals surface area contributed by atoms with Crippen LogP contribution < -0.4 is 0 Å². The molecule has 18 heavy (non-hydrogen) atoms. The van der Waals surface area contributed by atoms with E-state index in [9.17, 15) is 13.2 Å². The van der Waals surface area contributed by atoms with Gasteiger partial charge in [0, 0.05) is 13.1 Å². The molecule has 106 valence electrons. The number of nitrogens with zero attached hydrogens (tertiary/aromatic N) is 1. The first-order valence-corrected chi connectivity index (χ1v) is 7.74. The van der Waals surface area contributed by atoms with Crippen LogP contribution in [0.25, 0.3) is 0 Å². The monoisotopic (exact) mass is 279 g/mol. The largest absolute Gasteiger partial charge is 0.469 e. The topological polar surface area (TPSA) is 72.9 Å². The first-order chi connectivity index (χ1) is 8.34. The Morgan fingerprint density at radius 1 is 1.56 bits per heavy atom. The Hall–Kier alpha value is -0.660. The van der Waals surface area contributed by atoms with Crippen molar-refractivity contribution in [3.05, 3.63) is 0 Å². The van der Waals surface area contributed by atoms with Gasteiger partial charge in [-0.1, -0.05) is 6.92 Å². The first kappa shape index (κ1) is 15.4. The molecular weight excluding hydrogens is 258 g/mol. The number of likely N-dealkylation sites (N-methyl/N-ethyl adjacent to an activating group) is 1. The third-order valence-corrected chi connectivity index (χ3v) is 4.78. The molecule has 0 aliphatic carbocycles. The van der Waals surface area contributed by atoms with E-state index in [4.69, 9.17) is 4.74 Å². The minimum absolute atomic E-state index is 0.0430. The summed E-state index contributed by atoms with van der Waals surface area (Å²) in [5, 5.41) is 0. The van der Waals surface area contributed by atoms with E-state index in [2.05, 4.69) is 4.74 Å². The second kappa shape index (κ2) is 6.49. The number of rotatable bonds is 5. The highest BCUT2D eigenvalue weighted by molar-refractivity contribution is 7.91. The van der Waals surface area contributed by atoms with Crippen LogP contribution in [0.4, 0.5) is 0 Å². The molecule has 0 bridgehead atoms. The predicted molar refractivity (Wildman–Crippen MR) is 67.1 cm³/mol. The van der Waals surface area contributed by atoms with Gasteiger partial charge in [0.05, 0.1) is 37.2 Å².